The number of likely N-dealkylation sites (N-methyl/N-ethyl adjacent to an activating group) is 1. The van der Waals surface area contributed by atoms with E-state index in [0.717, 1.165) is 5.69 Å². The summed E-state index contributed by atoms with van der Waals surface area (Å²) in [5.74, 6) is -0.616. The van der Waals surface area contributed by atoms with Gasteiger partial charge in [0.25, 0.3) is 5.91 Å². The highest BCUT2D eigenvalue weighted by Crippen LogP contribution is 2.05. The number of methoxy groups -OCH3 is 1. The summed E-state index contributed by atoms with van der Waals surface area (Å²) < 4.78 is 4.55. The van der Waals surface area contributed by atoms with Crippen LogP contribution in [0.3, 0.4) is 0 Å². The minimum Gasteiger partial charge on any atom is -0.468 e. The van der Waals surface area contributed by atoms with Gasteiger partial charge in [0.1, 0.15) is 6.54 Å². The number of amides is 1. The second-order valence-electron chi connectivity index (χ2n) is 3.58. The van der Waals surface area contributed by atoms with Crippen LogP contribution in [-0.2, 0) is 9.53 Å². The first-order chi connectivity index (χ1) is 8.08. The Morgan fingerprint density at radius 2 is 2.18 bits per heavy atom. The molecule has 1 aromatic rings. The molecule has 0 N–H and O–H groups in total. The molecule has 17 heavy (non-hydrogen) atoms. The normalized spacial score (nSPS) is 9.82. The molecule has 92 valence electrons. The van der Waals surface area contributed by atoms with E-state index in [2.05, 4.69) is 9.72 Å². The lowest BCUT2D eigenvalue weighted by atomic mass is 10.2. The number of hydrogen-bond donors (Lipinski definition) is 0. The Morgan fingerprint density at radius 1 is 1.47 bits per heavy atom. The summed E-state index contributed by atoms with van der Waals surface area (Å²) in [5.41, 5.74) is 1.30. The topological polar surface area (TPSA) is 59.5 Å². The molecule has 0 bridgehead atoms. The fraction of sp³-hybridized carbons (Fsp3) is 0.417. The molecule has 0 aliphatic rings. The third-order valence-corrected chi connectivity index (χ3v) is 2.36. The first-order valence-electron chi connectivity index (χ1n) is 5.37. The first-order valence-corrected chi connectivity index (χ1v) is 5.37. The van der Waals surface area contributed by atoms with E-state index in [4.69, 9.17) is 0 Å². The van der Waals surface area contributed by atoms with Gasteiger partial charge in [-0.05, 0) is 26.0 Å². The maximum absolute atomic E-state index is 12.1. The van der Waals surface area contributed by atoms with Crippen LogP contribution in [0.25, 0.3) is 0 Å². The fourth-order valence-electron chi connectivity index (χ4n) is 1.41. The summed E-state index contributed by atoms with van der Waals surface area (Å²) in [7, 11) is 1.30. The average molecular weight is 236 g/mol. The first kappa shape index (κ1) is 13.2. The van der Waals surface area contributed by atoms with Gasteiger partial charge in [-0.1, -0.05) is 0 Å². The Labute approximate surface area is 100 Å². The van der Waals surface area contributed by atoms with Crippen molar-refractivity contribution in [2.75, 3.05) is 20.2 Å². The van der Waals surface area contributed by atoms with Crippen LogP contribution >= 0.6 is 0 Å². The van der Waals surface area contributed by atoms with Crippen molar-refractivity contribution in [1.29, 1.82) is 0 Å². The van der Waals surface area contributed by atoms with Crippen molar-refractivity contribution in [2.24, 2.45) is 0 Å². The molecular weight excluding hydrogens is 220 g/mol. The second-order valence-corrected chi connectivity index (χ2v) is 3.58. The molecule has 0 unspecified atom stereocenters. The molecule has 5 heteroatoms. The number of carbonyl (C=O) groups excluding carboxylic acids is 2. The summed E-state index contributed by atoms with van der Waals surface area (Å²) in [4.78, 5) is 28.7. The summed E-state index contributed by atoms with van der Waals surface area (Å²) in [6.07, 6.45) is 1.58. The van der Waals surface area contributed by atoms with Crippen molar-refractivity contribution >= 4 is 11.9 Å². The zero-order chi connectivity index (χ0) is 12.8. The lowest BCUT2D eigenvalue weighted by molar-refractivity contribution is -0.141. The molecule has 1 heterocycles. The second kappa shape index (κ2) is 5.98. The number of hydrogen-bond acceptors (Lipinski definition) is 4. The molecule has 0 saturated heterocycles. The maximum atomic E-state index is 12.1. The highest BCUT2D eigenvalue weighted by molar-refractivity contribution is 5.95. The van der Waals surface area contributed by atoms with Gasteiger partial charge in [-0.15, -0.1) is 0 Å². The van der Waals surface area contributed by atoms with Crippen molar-refractivity contribution < 1.29 is 14.3 Å². The predicted molar refractivity (Wildman–Crippen MR) is 62.6 cm³/mol. The standard InChI is InChI=1S/C12H16N2O3/c1-4-14(8-11(15)17-3)12(16)10-5-6-13-9(2)7-10/h5-7H,4,8H2,1-3H3. The summed E-state index contributed by atoms with van der Waals surface area (Å²) >= 11 is 0. The zero-order valence-corrected chi connectivity index (χ0v) is 10.3. The maximum Gasteiger partial charge on any atom is 0.325 e. The van der Waals surface area contributed by atoms with Gasteiger partial charge < -0.3 is 9.64 Å². The van der Waals surface area contributed by atoms with Crippen molar-refractivity contribution in [3.8, 4) is 0 Å². The van der Waals surface area contributed by atoms with Gasteiger partial charge in [0.15, 0.2) is 0 Å². The minimum atomic E-state index is -0.425. The Morgan fingerprint density at radius 3 is 2.71 bits per heavy atom. The third kappa shape index (κ3) is 3.55. The van der Waals surface area contributed by atoms with Crippen molar-refractivity contribution in [1.82, 2.24) is 9.88 Å². The summed E-state index contributed by atoms with van der Waals surface area (Å²) in [6, 6.07) is 3.33. The van der Waals surface area contributed by atoms with E-state index in [9.17, 15) is 9.59 Å². The SMILES string of the molecule is CCN(CC(=O)OC)C(=O)c1ccnc(C)c1. The van der Waals surface area contributed by atoms with E-state index in [1.165, 1.54) is 12.0 Å². The van der Waals surface area contributed by atoms with Gasteiger partial charge in [-0.3, -0.25) is 14.6 Å². The van der Waals surface area contributed by atoms with Crippen molar-refractivity contribution in [2.45, 2.75) is 13.8 Å². The minimum absolute atomic E-state index is 0.0345. The van der Waals surface area contributed by atoms with Crippen LogP contribution in [0.5, 0.6) is 0 Å². The van der Waals surface area contributed by atoms with Gasteiger partial charge >= 0.3 is 5.97 Å². The predicted octanol–water partition coefficient (Wildman–Crippen LogP) is 1.03. The van der Waals surface area contributed by atoms with E-state index in [0.29, 0.717) is 12.1 Å². The monoisotopic (exact) mass is 236 g/mol. The van der Waals surface area contributed by atoms with Gasteiger partial charge in [0.2, 0.25) is 0 Å². The van der Waals surface area contributed by atoms with Crippen LogP contribution < -0.4 is 0 Å². The molecule has 0 aromatic carbocycles. The molecular formula is C12H16N2O3. The van der Waals surface area contributed by atoms with E-state index in [1.54, 1.807) is 18.3 Å². The van der Waals surface area contributed by atoms with Crippen LogP contribution in [0.1, 0.15) is 23.0 Å². The Balaban J connectivity index is 2.82. The Hall–Kier alpha value is -1.91. The lowest BCUT2D eigenvalue weighted by Crippen LogP contribution is -2.36. The van der Waals surface area contributed by atoms with Gasteiger partial charge in [0, 0.05) is 24.0 Å². The van der Waals surface area contributed by atoms with Crippen molar-refractivity contribution in [3.05, 3.63) is 29.6 Å². The molecule has 0 saturated carbocycles. The van der Waals surface area contributed by atoms with Gasteiger partial charge in [-0.25, -0.2) is 0 Å². The van der Waals surface area contributed by atoms with E-state index < -0.39 is 5.97 Å². The number of pyridine rings is 1. The number of esters is 1. The van der Waals surface area contributed by atoms with E-state index in [1.807, 2.05) is 13.8 Å². The quantitative estimate of drug-likeness (QED) is 0.732. The van der Waals surface area contributed by atoms with Gasteiger partial charge in [0.05, 0.1) is 7.11 Å². The molecule has 1 rings (SSSR count). The lowest BCUT2D eigenvalue weighted by Gasteiger charge is -2.19. The number of carbonyl (C=O) groups is 2. The molecule has 0 atom stereocenters. The molecule has 0 aliphatic carbocycles. The number of rotatable bonds is 4. The summed E-state index contributed by atoms with van der Waals surface area (Å²) in [5, 5.41) is 0. The number of aromatic nitrogens is 1. The number of nitrogens with zero attached hydrogens (tertiary/aromatic N) is 2. The zero-order valence-electron chi connectivity index (χ0n) is 10.3. The summed E-state index contributed by atoms with van der Waals surface area (Å²) in [6.45, 7) is 4.05. The number of aryl methyl sites for hydroxylation is 1. The van der Waals surface area contributed by atoms with Crippen LogP contribution in [0.4, 0.5) is 0 Å². The third-order valence-electron chi connectivity index (χ3n) is 2.36. The van der Waals surface area contributed by atoms with Crippen molar-refractivity contribution in [3.63, 3.8) is 0 Å². The van der Waals surface area contributed by atoms with Crippen LogP contribution in [0.2, 0.25) is 0 Å². The smallest absolute Gasteiger partial charge is 0.325 e. The molecule has 0 spiro atoms. The highest BCUT2D eigenvalue weighted by Gasteiger charge is 2.17. The largest absolute Gasteiger partial charge is 0.468 e. The van der Waals surface area contributed by atoms with E-state index >= 15 is 0 Å². The fourth-order valence-corrected chi connectivity index (χ4v) is 1.41. The Bertz CT molecular complexity index is 418. The Kier molecular flexibility index (Phi) is 4.63. The van der Waals surface area contributed by atoms with E-state index in [-0.39, 0.29) is 12.5 Å². The molecule has 0 aliphatic heterocycles. The van der Waals surface area contributed by atoms with Gasteiger partial charge in [-0.2, -0.15) is 0 Å². The molecule has 5 nitrogen and oxygen atoms in total. The molecule has 0 radical (unpaired) electrons. The highest BCUT2D eigenvalue weighted by atomic mass is 16.5. The molecule has 0 fully saturated rings. The van der Waals surface area contributed by atoms with Crippen LogP contribution in [-0.4, -0.2) is 42.0 Å². The molecule has 1 amide bonds. The number of ether oxygens (including phenoxy) is 1. The molecule has 1 aromatic heterocycles. The van der Waals surface area contributed by atoms with Crippen LogP contribution in [0.15, 0.2) is 18.3 Å². The van der Waals surface area contributed by atoms with Crippen LogP contribution in [0, 0.1) is 6.92 Å². The average Bonchev–Trinajstić information content (AvgIpc) is 2.34.